The molecule has 2 nitrogen and oxygen atoms in total. The average molecular weight is 282 g/mol. The van der Waals surface area contributed by atoms with Crippen LogP contribution in [0, 0.1) is 13.8 Å². The second-order valence-corrected chi connectivity index (χ2v) is 5.82. The van der Waals surface area contributed by atoms with Crippen molar-refractivity contribution in [1.29, 1.82) is 0 Å². The molecule has 1 aromatic heterocycles. The summed E-state index contributed by atoms with van der Waals surface area (Å²) in [5.41, 5.74) is 5.46. The summed E-state index contributed by atoms with van der Waals surface area (Å²) in [5.74, 6) is 0. The quantitative estimate of drug-likeness (QED) is 0.815. The largest absolute Gasteiger partial charge is 0.310 e. The number of hydrogen-bond acceptors (Lipinski definition) is 2. The van der Waals surface area contributed by atoms with Gasteiger partial charge in [-0.2, -0.15) is 0 Å². The number of pyridine rings is 1. The van der Waals surface area contributed by atoms with Crippen LogP contribution in [-0.4, -0.2) is 11.5 Å². The molecule has 21 heavy (non-hydrogen) atoms. The first kappa shape index (κ1) is 15.7. The Hall–Kier alpha value is -1.67. The predicted octanol–water partition coefficient (Wildman–Crippen LogP) is 4.37. The van der Waals surface area contributed by atoms with Crippen LogP contribution < -0.4 is 5.32 Å². The van der Waals surface area contributed by atoms with Gasteiger partial charge in [0.15, 0.2) is 0 Å². The molecule has 1 heterocycles. The minimum atomic E-state index is 0.428. The number of hydrogen-bond donors (Lipinski definition) is 1. The van der Waals surface area contributed by atoms with Crippen LogP contribution in [0.5, 0.6) is 0 Å². The molecule has 0 fully saturated rings. The molecule has 0 aliphatic rings. The zero-order valence-corrected chi connectivity index (χ0v) is 13.4. The fourth-order valence-electron chi connectivity index (χ4n) is 2.78. The molecule has 1 N–H and O–H groups in total. The Kier molecular flexibility index (Phi) is 5.94. The zero-order valence-electron chi connectivity index (χ0n) is 13.4. The normalized spacial score (nSPS) is 12.3. The Morgan fingerprint density at radius 3 is 2.33 bits per heavy atom. The molecule has 1 atom stereocenters. The van der Waals surface area contributed by atoms with Crippen molar-refractivity contribution in [3.05, 3.63) is 65.0 Å². The summed E-state index contributed by atoms with van der Waals surface area (Å²) < 4.78 is 0. The number of aromatic nitrogens is 1. The minimum Gasteiger partial charge on any atom is -0.310 e. The molecule has 0 amide bonds. The summed E-state index contributed by atoms with van der Waals surface area (Å²) in [6.07, 6.45) is 7.11. The Morgan fingerprint density at radius 2 is 1.71 bits per heavy atom. The molecule has 1 aromatic carbocycles. The molecule has 0 aliphatic heterocycles. The van der Waals surface area contributed by atoms with Crippen LogP contribution in [0.2, 0.25) is 0 Å². The molecule has 2 aromatic rings. The molecule has 0 radical (unpaired) electrons. The molecular weight excluding hydrogens is 256 g/mol. The van der Waals surface area contributed by atoms with Crippen molar-refractivity contribution in [2.45, 2.75) is 46.1 Å². The summed E-state index contributed by atoms with van der Waals surface area (Å²) in [6.45, 7) is 7.63. The van der Waals surface area contributed by atoms with Gasteiger partial charge in [-0.25, -0.2) is 0 Å². The van der Waals surface area contributed by atoms with E-state index in [0.29, 0.717) is 6.04 Å². The maximum Gasteiger partial charge on any atom is 0.0323 e. The van der Waals surface area contributed by atoms with Crippen LogP contribution in [0.1, 0.15) is 48.1 Å². The standard InChI is InChI=1S/C19H26N2/c1-4-9-21-19(6-5-17-7-10-20-11-8-17)18-13-15(2)12-16(3)14-18/h7-8,10-14,19,21H,4-6,9H2,1-3H3. The molecule has 0 spiro atoms. The van der Waals surface area contributed by atoms with Gasteiger partial charge in [-0.3, -0.25) is 4.98 Å². The fraction of sp³-hybridized carbons (Fsp3) is 0.421. The minimum absolute atomic E-state index is 0.428. The predicted molar refractivity (Wildman–Crippen MR) is 89.5 cm³/mol. The van der Waals surface area contributed by atoms with Crippen molar-refractivity contribution >= 4 is 0 Å². The third kappa shape index (κ3) is 4.98. The first-order valence-electron chi connectivity index (χ1n) is 7.89. The monoisotopic (exact) mass is 282 g/mol. The van der Waals surface area contributed by atoms with Crippen LogP contribution in [0.25, 0.3) is 0 Å². The highest BCUT2D eigenvalue weighted by Crippen LogP contribution is 2.22. The van der Waals surface area contributed by atoms with Crippen molar-refractivity contribution < 1.29 is 0 Å². The number of benzene rings is 1. The van der Waals surface area contributed by atoms with E-state index >= 15 is 0 Å². The van der Waals surface area contributed by atoms with Crippen LogP contribution >= 0.6 is 0 Å². The van der Waals surface area contributed by atoms with Crippen LogP contribution in [0.15, 0.2) is 42.7 Å². The molecule has 2 heteroatoms. The van der Waals surface area contributed by atoms with Gasteiger partial charge < -0.3 is 5.32 Å². The third-order valence-corrected chi connectivity index (χ3v) is 3.76. The highest BCUT2D eigenvalue weighted by atomic mass is 14.9. The first-order valence-corrected chi connectivity index (χ1v) is 7.89. The summed E-state index contributed by atoms with van der Waals surface area (Å²) in [5, 5.41) is 3.69. The van der Waals surface area contributed by atoms with Crippen molar-refractivity contribution in [1.82, 2.24) is 10.3 Å². The molecule has 2 rings (SSSR count). The number of aryl methyl sites for hydroxylation is 3. The maximum atomic E-state index is 4.09. The van der Waals surface area contributed by atoms with E-state index in [0.717, 1.165) is 25.8 Å². The Labute approximate surface area is 128 Å². The zero-order chi connectivity index (χ0) is 15.1. The lowest BCUT2D eigenvalue weighted by Crippen LogP contribution is -2.23. The summed E-state index contributed by atoms with van der Waals surface area (Å²) in [6, 6.07) is 11.5. The second kappa shape index (κ2) is 7.94. The lowest BCUT2D eigenvalue weighted by Gasteiger charge is -2.20. The van der Waals surface area contributed by atoms with Gasteiger partial charge in [0.25, 0.3) is 0 Å². The van der Waals surface area contributed by atoms with Crippen LogP contribution in [0.4, 0.5) is 0 Å². The van der Waals surface area contributed by atoms with Crippen LogP contribution in [-0.2, 0) is 6.42 Å². The number of rotatable bonds is 7. The van der Waals surface area contributed by atoms with Crippen molar-refractivity contribution in [2.75, 3.05) is 6.54 Å². The second-order valence-electron chi connectivity index (χ2n) is 5.82. The fourth-order valence-corrected chi connectivity index (χ4v) is 2.78. The van der Waals surface area contributed by atoms with Crippen LogP contribution in [0.3, 0.4) is 0 Å². The molecular formula is C19H26N2. The Bertz CT molecular complexity index is 528. The van der Waals surface area contributed by atoms with E-state index in [1.165, 1.54) is 22.3 Å². The van der Waals surface area contributed by atoms with Gasteiger partial charge in [0, 0.05) is 18.4 Å². The highest BCUT2D eigenvalue weighted by Gasteiger charge is 2.11. The molecule has 0 aliphatic carbocycles. The summed E-state index contributed by atoms with van der Waals surface area (Å²) in [7, 11) is 0. The first-order chi connectivity index (χ1) is 10.2. The van der Waals surface area contributed by atoms with E-state index in [1.807, 2.05) is 12.4 Å². The number of nitrogens with one attached hydrogen (secondary N) is 1. The molecule has 112 valence electrons. The molecule has 0 saturated heterocycles. The Morgan fingerprint density at radius 1 is 1.05 bits per heavy atom. The molecule has 0 bridgehead atoms. The topological polar surface area (TPSA) is 24.9 Å². The number of nitrogens with zero attached hydrogens (tertiary/aromatic N) is 1. The third-order valence-electron chi connectivity index (χ3n) is 3.76. The van der Waals surface area contributed by atoms with Gasteiger partial charge in [0.2, 0.25) is 0 Å². The summed E-state index contributed by atoms with van der Waals surface area (Å²) >= 11 is 0. The van der Waals surface area contributed by atoms with E-state index in [4.69, 9.17) is 0 Å². The smallest absolute Gasteiger partial charge is 0.0323 e. The maximum absolute atomic E-state index is 4.09. The van der Waals surface area contributed by atoms with E-state index in [2.05, 4.69) is 61.4 Å². The van der Waals surface area contributed by atoms with Crippen molar-refractivity contribution in [3.8, 4) is 0 Å². The molecule has 0 saturated carbocycles. The van der Waals surface area contributed by atoms with Gasteiger partial charge >= 0.3 is 0 Å². The SMILES string of the molecule is CCCNC(CCc1ccncc1)c1cc(C)cc(C)c1. The van der Waals surface area contributed by atoms with Crippen molar-refractivity contribution in [3.63, 3.8) is 0 Å². The van der Waals surface area contributed by atoms with E-state index in [-0.39, 0.29) is 0 Å². The lowest BCUT2D eigenvalue weighted by atomic mass is 9.96. The van der Waals surface area contributed by atoms with Crippen molar-refractivity contribution in [2.24, 2.45) is 0 Å². The van der Waals surface area contributed by atoms with E-state index < -0.39 is 0 Å². The lowest BCUT2D eigenvalue weighted by molar-refractivity contribution is 0.499. The van der Waals surface area contributed by atoms with Gasteiger partial charge in [0.1, 0.15) is 0 Å². The average Bonchev–Trinajstić information content (AvgIpc) is 2.47. The van der Waals surface area contributed by atoms with Gasteiger partial charge in [-0.1, -0.05) is 36.2 Å². The van der Waals surface area contributed by atoms with Gasteiger partial charge in [-0.05, 0) is 62.9 Å². The van der Waals surface area contributed by atoms with Gasteiger partial charge in [-0.15, -0.1) is 0 Å². The summed E-state index contributed by atoms with van der Waals surface area (Å²) in [4.78, 5) is 4.09. The highest BCUT2D eigenvalue weighted by molar-refractivity contribution is 5.31. The Balaban J connectivity index is 2.10. The van der Waals surface area contributed by atoms with Gasteiger partial charge in [0.05, 0.1) is 0 Å². The molecule has 1 unspecified atom stereocenters. The van der Waals surface area contributed by atoms with E-state index in [1.54, 1.807) is 0 Å². The van der Waals surface area contributed by atoms with E-state index in [9.17, 15) is 0 Å².